The predicted octanol–water partition coefficient (Wildman–Crippen LogP) is 12.9. The third kappa shape index (κ3) is 4.24. The van der Waals surface area contributed by atoms with Crippen LogP contribution in [-0.4, -0.2) is 0 Å². The largest absolute Gasteiger partial charge is 0.456 e. The van der Waals surface area contributed by atoms with Gasteiger partial charge in [0.2, 0.25) is 0 Å². The number of hydrogen-bond acceptors (Lipinski definition) is 4. The first kappa shape index (κ1) is 26.7. The van der Waals surface area contributed by atoms with E-state index < -0.39 is 0 Å². The van der Waals surface area contributed by atoms with Crippen LogP contribution in [0.2, 0.25) is 0 Å². The summed E-state index contributed by atoms with van der Waals surface area (Å²) in [6.07, 6.45) is 0. The fourth-order valence-corrected chi connectivity index (χ4v) is 7.10. The Kier molecular flexibility index (Phi) is 5.84. The van der Waals surface area contributed by atoms with E-state index in [1.165, 1.54) is 21.5 Å². The van der Waals surface area contributed by atoms with Crippen LogP contribution >= 0.6 is 0 Å². The highest BCUT2D eigenvalue weighted by molar-refractivity contribution is 6.06. The second-order valence-corrected chi connectivity index (χ2v) is 12.2. The molecule has 4 heteroatoms. The van der Waals surface area contributed by atoms with Crippen molar-refractivity contribution in [2.75, 3.05) is 9.80 Å². The molecule has 1 aliphatic rings. The van der Waals surface area contributed by atoms with Crippen molar-refractivity contribution in [1.29, 1.82) is 0 Å². The standard InChI is InChI=1S/C44H28N2O2/c1-3-11-31-25-33(19-17-29(31)9-1)45(34-20-18-30-10-2-4-12-32(30)26-34)35-22-24-40-44(28-35)48-42-16-8-6-14-39(42)46(40)36-21-23-38-37-13-5-7-15-41(37)47-43(38)27-36/h1-28H. The summed E-state index contributed by atoms with van der Waals surface area (Å²) in [5.74, 6) is 1.58. The number of furan rings is 1. The van der Waals surface area contributed by atoms with E-state index in [9.17, 15) is 0 Å². The maximum Gasteiger partial charge on any atom is 0.153 e. The van der Waals surface area contributed by atoms with Gasteiger partial charge in [-0.25, -0.2) is 0 Å². The van der Waals surface area contributed by atoms with E-state index in [1.807, 2.05) is 24.3 Å². The molecule has 0 unspecified atom stereocenters. The molecule has 0 radical (unpaired) electrons. The summed E-state index contributed by atoms with van der Waals surface area (Å²) in [7, 11) is 0. The first-order valence-corrected chi connectivity index (χ1v) is 16.2. The van der Waals surface area contributed by atoms with Gasteiger partial charge in [-0.2, -0.15) is 0 Å². The summed E-state index contributed by atoms with van der Waals surface area (Å²) >= 11 is 0. The molecule has 10 rings (SSSR count). The maximum absolute atomic E-state index is 6.68. The number of para-hydroxylation sites is 3. The van der Waals surface area contributed by atoms with E-state index in [0.29, 0.717) is 0 Å². The number of anilines is 6. The predicted molar refractivity (Wildman–Crippen MR) is 198 cm³/mol. The van der Waals surface area contributed by atoms with Gasteiger partial charge >= 0.3 is 0 Å². The van der Waals surface area contributed by atoms with E-state index in [2.05, 4.69) is 155 Å². The normalized spacial score (nSPS) is 12.3. The van der Waals surface area contributed by atoms with Gasteiger partial charge < -0.3 is 19.0 Å². The fourth-order valence-electron chi connectivity index (χ4n) is 7.10. The minimum atomic E-state index is 0.780. The average Bonchev–Trinajstić information content (AvgIpc) is 3.52. The van der Waals surface area contributed by atoms with Crippen LogP contribution in [0.15, 0.2) is 174 Å². The van der Waals surface area contributed by atoms with Crippen LogP contribution < -0.4 is 14.5 Å². The second-order valence-electron chi connectivity index (χ2n) is 12.2. The molecule has 0 aliphatic carbocycles. The molecule has 0 saturated heterocycles. The number of ether oxygens (including phenoxy) is 1. The van der Waals surface area contributed by atoms with Crippen LogP contribution in [0.5, 0.6) is 11.5 Å². The lowest BCUT2D eigenvalue weighted by molar-refractivity contribution is 0.477. The zero-order valence-corrected chi connectivity index (χ0v) is 25.9. The van der Waals surface area contributed by atoms with Gasteiger partial charge in [0.15, 0.2) is 11.5 Å². The summed E-state index contributed by atoms with van der Waals surface area (Å²) in [6.45, 7) is 0. The molecule has 0 N–H and O–H groups in total. The Hall–Kier alpha value is -6.52. The number of rotatable bonds is 4. The van der Waals surface area contributed by atoms with E-state index in [0.717, 1.165) is 67.6 Å². The van der Waals surface area contributed by atoms with Crippen molar-refractivity contribution in [3.05, 3.63) is 170 Å². The maximum atomic E-state index is 6.68. The molecule has 48 heavy (non-hydrogen) atoms. The lowest BCUT2D eigenvalue weighted by Gasteiger charge is -2.34. The Morgan fingerprint density at radius 2 is 0.979 bits per heavy atom. The van der Waals surface area contributed by atoms with Gasteiger partial charge in [0.05, 0.1) is 17.1 Å². The van der Waals surface area contributed by atoms with E-state index in [4.69, 9.17) is 9.15 Å². The molecule has 0 saturated carbocycles. The van der Waals surface area contributed by atoms with Gasteiger partial charge in [-0.1, -0.05) is 91.0 Å². The summed E-state index contributed by atoms with van der Waals surface area (Å²) in [4.78, 5) is 4.58. The van der Waals surface area contributed by atoms with Crippen molar-refractivity contribution < 1.29 is 9.15 Å². The van der Waals surface area contributed by atoms with E-state index in [-0.39, 0.29) is 0 Å². The van der Waals surface area contributed by atoms with Gasteiger partial charge in [0.1, 0.15) is 11.2 Å². The highest BCUT2D eigenvalue weighted by atomic mass is 16.5. The molecule has 226 valence electrons. The van der Waals surface area contributed by atoms with Crippen molar-refractivity contribution >= 4 is 77.6 Å². The first-order chi connectivity index (χ1) is 23.8. The molecule has 0 atom stereocenters. The molecule has 1 aromatic heterocycles. The van der Waals surface area contributed by atoms with Crippen molar-refractivity contribution in [2.45, 2.75) is 0 Å². The molecule has 8 aromatic carbocycles. The van der Waals surface area contributed by atoms with Gasteiger partial charge in [0.25, 0.3) is 0 Å². The van der Waals surface area contributed by atoms with Crippen LogP contribution in [0.1, 0.15) is 0 Å². The molecule has 2 heterocycles. The topological polar surface area (TPSA) is 28.9 Å². The van der Waals surface area contributed by atoms with Crippen molar-refractivity contribution in [3.8, 4) is 11.5 Å². The van der Waals surface area contributed by atoms with Crippen molar-refractivity contribution in [3.63, 3.8) is 0 Å². The summed E-state index contributed by atoms with van der Waals surface area (Å²) in [5.41, 5.74) is 7.85. The molecular formula is C44H28N2O2. The van der Waals surface area contributed by atoms with Crippen LogP contribution in [-0.2, 0) is 0 Å². The zero-order chi connectivity index (χ0) is 31.6. The summed E-state index contributed by atoms with van der Waals surface area (Å²) < 4.78 is 13.0. The third-order valence-corrected chi connectivity index (χ3v) is 9.37. The Labute approximate surface area is 277 Å². The molecule has 1 aliphatic heterocycles. The van der Waals surface area contributed by atoms with E-state index >= 15 is 0 Å². The molecule has 9 aromatic rings. The lowest BCUT2D eigenvalue weighted by atomic mass is 10.1. The van der Waals surface area contributed by atoms with Crippen molar-refractivity contribution in [2.24, 2.45) is 0 Å². The molecule has 0 fully saturated rings. The fraction of sp³-hybridized carbons (Fsp3) is 0. The second kappa shape index (κ2) is 10.5. The van der Waals surface area contributed by atoms with E-state index in [1.54, 1.807) is 0 Å². The monoisotopic (exact) mass is 616 g/mol. The Balaban J connectivity index is 1.15. The Morgan fingerprint density at radius 3 is 1.75 bits per heavy atom. The third-order valence-electron chi connectivity index (χ3n) is 9.37. The SMILES string of the molecule is c1ccc2c(c1)Oc1cc(N(c3ccc4ccccc4c3)c3ccc4ccccc4c3)ccc1N2c1ccc2c(c1)oc1ccccc12. The molecule has 0 bridgehead atoms. The highest BCUT2D eigenvalue weighted by Crippen LogP contribution is 2.52. The lowest BCUT2D eigenvalue weighted by Crippen LogP contribution is -2.17. The van der Waals surface area contributed by atoms with Crippen LogP contribution in [0.4, 0.5) is 34.1 Å². The molecule has 0 spiro atoms. The summed E-state index contributed by atoms with van der Waals surface area (Å²) in [6, 6.07) is 59.6. The molecular weight excluding hydrogens is 588 g/mol. The molecule has 4 nitrogen and oxygen atoms in total. The number of benzene rings is 8. The van der Waals surface area contributed by atoms with Gasteiger partial charge in [-0.15, -0.1) is 0 Å². The number of nitrogens with zero attached hydrogens (tertiary/aromatic N) is 2. The Bertz CT molecular complexity index is 2610. The van der Waals surface area contributed by atoms with Crippen LogP contribution in [0, 0.1) is 0 Å². The number of hydrogen-bond donors (Lipinski definition) is 0. The first-order valence-electron chi connectivity index (χ1n) is 16.2. The average molecular weight is 617 g/mol. The summed E-state index contributed by atoms with van der Waals surface area (Å²) in [5, 5.41) is 7.03. The Morgan fingerprint density at radius 1 is 0.396 bits per heavy atom. The van der Waals surface area contributed by atoms with Crippen molar-refractivity contribution in [1.82, 2.24) is 0 Å². The quantitative estimate of drug-likeness (QED) is 0.197. The molecule has 0 amide bonds. The zero-order valence-electron chi connectivity index (χ0n) is 25.9. The minimum absolute atomic E-state index is 0.780. The van der Waals surface area contributed by atoms with Gasteiger partial charge in [-0.3, -0.25) is 0 Å². The smallest absolute Gasteiger partial charge is 0.153 e. The number of fused-ring (bicyclic) bond motifs is 7. The van der Waals surface area contributed by atoms with Crippen LogP contribution in [0.3, 0.4) is 0 Å². The van der Waals surface area contributed by atoms with Gasteiger partial charge in [-0.05, 0) is 88.3 Å². The van der Waals surface area contributed by atoms with Crippen LogP contribution in [0.25, 0.3) is 43.5 Å². The minimum Gasteiger partial charge on any atom is -0.456 e. The van der Waals surface area contributed by atoms with Gasteiger partial charge in [0, 0.05) is 40.0 Å². The highest BCUT2D eigenvalue weighted by Gasteiger charge is 2.28.